The van der Waals surface area contributed by atoms with Crippen molar-refractivity contribution >= 4 is 31.6 Å². The molecule has 2 N–H and O–H groups in total. The highest BCUT2D eigenvalue weighted by atomic mass is 32.2. The standard InChI is InChI=1S/C24H27N3O6S2/c1-18-17-19(9-14-23(18)26-34(29,30)21-7-5-4-6-8-21)24(28)25-15-16-33-20-10-12-22(13-11-20)35(31,32)27(2)3/h4-14,17,26H,15-16H2,1-3H3,(H,25,28). The molecule has 11 heteroatoms. The third-order valence-corrected chi connectivity index (χ3v) is 8.26. The number of amides is 1. The van der Waals surface area contributed by atoms with E-state index in [9.17, 15) is 21.6 Å². The Morgan fingerprint density at radius 1 is 0.886 bits per heavy atom. The first-order chi connectivity index (χ1) is 16.5. The van der Waals surface area contributed by atoms with Gasteiger partial charge >= 0.3 is 0 Å². The van der Waals surface area contributed by atoms with Crippen molar-refractivity contribution in [3.05, 3.63) is 83.9 Å². The third-order valence-electron chi connectivity index (χ3n) is 5.05. The Hall–Kier alpha value is -3.41. The molecule has 0 bridgehead atoms. The summed E-state index contributed by atoms with van der Waals surface area (Å²) >= 11 is 0. The number of hydrogen-bond donors (Lipinski definition) is 2. The highest BCUT2D eigenvalue weighted by Gasteiger charge is 2.17. The number of carbonyl (C=O) groups is 1. The number of nitrogens with zero attached hydrogens (tertiary/aromatic N) is 1. The molecule has 3 aromatic carbocycles. The molecule has 0 aliphatic carbocycles. The fourth-order valence-electron chi connectivity index (χ4n) is 3.08. The van der Waals surface area contributed by atoms with Crippen molar-refractivity contribution in [2.45, 2.75) is 16.7 Å². The van der Waals surface area contributed by atoms with Crippen molar-refractivity contribution in [1.29, 1.82) is 0 Å². The van der Waals surface area contributed by atoms with Crippen LogP contribution in [0.2, 0.25) is 0 Å². The van der Waals surface area contributed by atoms with Gasteiger partial charge in [0.15, 0.2) is 0 Å². The van der Waals surface area contributed by atoms with Crippen LogP contribution in [0.3, 0.4) is 0 Å². The number of carbonyl (C=O) groups excluding carboxylic acids is 1. The quantitative estimate of drug-likeness (QED) is 0.399. The van der Waals surface area contributed by atoms with Crippen LogP contribution in [0.15, 0.2) is 82.6 Å². The number of hydrogen-bond acceptors (Lipinski definition) is 6. The van der Waals surface area contributed by atoms with Gasteiger partial charge in [-0.25, -0.2) is 21.1 Å². The molecule has 186 valence electrons. The lowest BCUT2D eigenvalue weighted by Crippen LogP contribution is -2.28. The van der Waals surface area contributed by atoms with E-state index < -0.39 is 20.0 Å². The van der Waals surface area contributed by atoms with Crippen molar-refractivity contribution in [2.24, 2.45) is 0 Å². The molecule has 0 heterocycles. The van der Waals surface area contributed by atoms with Crippen LogP contribution in [0.4, 0.5) is 5.69 Å². The third kappa shape index (κ3) is 6.59. The molecular weight excluding hydrogens is 490 g/mol. The van der Waals surface area contributed by atoms with Gasteiger partial charge in [0.05, 0.1) is 22.0 Å². The minimum atomic E-state index is -3.73. The number of benzene rings is 3. The average Bonchev–Trinajstić information content (AvgIpc) is 2.83. The molecule has 3 aromatic rings. The van der Waals surface area contributed by atoms with Crippen molar-refractivity contribution < 1.29 is 26.4 Å². The van der Waals surface area contributed by atoms with Gasteiger partial charge in [0, 0.05) is 19.7 Å². The van der Waals surface area contributed by atoms with E-state index >= 15 is 0 Å². The zero-order valence-electron chi connectivity index (χ0n) is 19.6. The predicted octanol–water partition coefficient (Wildman–Crippen LogP) is 2.85. The molecule has 0 aliphatic heterocycles. The summed E-state index contributed by atoms with van der Waals surface area (Å²) < 4.78 is 58.5. The molecule has 9 nitrogen and oxygen atoms in total. The predicted molar refractivity (Wildman–Crippen MR) is 134 cm³/mol. The Kier molecular flexibility index (Phi) is 8.15. The zero-order valence-corrected chi connectivity index (χ0v) is 21.2. The Morgan fingerprint density at radius 3 is 2.14 bits per heavy atom. The van der Waals surface area contributed by atoms with Crippen LogP contribution in [0, 0.1) is 6.92 Å². The molecular formula is C24H27N3O6S2. The van der Waals surface area contributed by atoms with Crippen LogP contribution < -0.4 is 14.8 Å². The molecule has 0 unspecified atom stereocenters. The Bertz CT molecular complexity index is 1390. The lowest BCUT2D eigenvalue weighted by molar-refractivity contribution is 0.0947. The van der Waals surface area contributed by atoms with Gasteiger partial charge in [0.1, 0.15) is 12.4 Å². The van der Waals surface area contributed by atoms with E-state index in [0.717, 1.165) is 4.31 Å². The van der Waals surface area contributed by atoms with E-state index in [1.165, 1.54) is 44.4 Å². The number of aryl methyl sites for hydroxylation is 1. The molecule has 0 saturated heterocycles. The number of rotatable bonds is 10. The van der Waals surface area contributed by atoms with Crippen LogP contribution in [0.25, 0.3) is 0 Å². The van der Waals surface area contributed by atoms with Crippen LogP contribution >= 0.6 is 0 Å². The number of ether oxygens (including phenoxy) is 1. The maximum absolute atomic E-state index is 12.5. The molecule has 0 aliphatic rings. The second-order valence-electron chi connectivity index (χ2n) is 7.81. The first kappa shape index (κ1) is 26.2. The minimum absolute atomic E-state index is 0.148. The van der Waals surface area contributed by atoms with Crippen LogP contribution in [-0.4, -0.2) is 54.3 Å². The summed E-state index contributed by atoms with van der Waals surface area (Å²) in [5.74, 6) is 0.143. The first-order valence-corrected chi connectivity index (χ1v) is 13.5. The molecule has 35 heavy (non-hydrogen) atoms. The summed E-state index contributed by atoms with van der Waals surface area (Å²) in [5, 5.41) is 2.74. The van der Waals surface area contributed by atoms with E-state index in [1.807, 2.05) is 0 Å². The Labute approximate surface area is 205 Å². The van der Waals surface area contributed by atoms with Crippen molar-refractivity contribution in [3.8, 4) is 5.75 Å². The van der Waals surface area contributed by atoms with Gasteiger partial charge in [-0.15, -0.1) is 0 Å². The largest absolute Gasteiger partial charge is 0.492 e. The molecule has 0 spiro atoms. The molecule has 3 rings (SSSR count). The molecule has 0 saturated carbocycles. The summed E-state index contributed by atoms with van der Waals surface area (Å²) in [6.07, 6.45) is 0. The monoisotopic (exact) mass is 517 g/mol. The topological polar surface area (TPSA) is 122 Å². The Morgan fingerprint density at radius 2 is 1.54 bits per heavy atom. The number of nitrogens with one attached hydrogen (secondary N) is 2. The summed E-state index contributed by atoms with van der Waals surface area (Å²) in [7, 11) is -4.32. The normalized spacial score (nSPS) is 11.8. The van der Waals surface area contributed by atoms with Gasteiger partial charge < -0.3 is 10.1 Å². The molecule has 1 amide bonds. The van der Waals surface area contributed by atoms with E-state index in [4.69, 9.17) is 4.74 Å². The van der Waals surface area contributed by atoms with Crippen LogP contribution in [0.1, 0.15) is 15.9 Å². The van der Waals surface area contributed by atoms with Crippen molar-refractivity contribution in [3.63, 3.8) is 0 Å². The molecule has 0 aromatic heterocycles. The van der Waals surface area contributed by atoms with E-state index in [-0.39, 0.29) is 28.8 Å². The highest BCUT2D eigenvalue weighted by molar-refractivity contribution is 7.92. The first-order valence-electron chi connectivity index (χ1n) is 10.6. The summed E-state index contributed by atoms with van der Waals surface area (Å²) in [5.41, 5.74) is 1.36. The van der Waals surface area contributed by atoms with Gasteiger partial charge in [-0.2, -0.15) is 0 Å². The zero-order chi connectivity index (χ0) is 25.6. The lowest BCUT2D eigenvalue weighted by atomic mass is 10.1. The maximum atomic E-state index is 12.5. The second-order valence-corrected chi connectivity index (χ2v) is 11.6. The molecule has 0 radical (unpaired) electrons. The fraction of sp³-hybridized carbons (Fsp3) is 0.208. The SMILES string of the molecule is Cc1cc(C(=O)NCCOc2ccc(S(=O)(=O)N(C)C)cc2)ccc1NS(=O)(=O)c1ccccc1. The van der Waals surface area contributed by atoms with Gasteiger partial charge in [0.25, 0.3) is 15.9 Å². The van der Waals surface area contributed by atoms with Crippen LogP contribution in [-0.2, 0) is 20.0 Å². The number of sulfonamides is 2. The van der Waals surface area contributed by atoms with E-state index in [2.05, 4.69) is 10.0 Å². The fourth-order valence-corrected chi connectivity index (χ4v) is 5.13. The van der Waals surface area contributed by atoms with Gasteiger partial charge in [-0.3, -0.25) is 9.52 Å². The summed E-state index contributed by atoms with van der Waals surface area (Å²) in [4.78, 5) is 12.8. The van der Waals surface area contributed by atoms with Crippen LogP contribution in [0.5, 0.6) is 5.75 Å². The smallest absolute Gasteiger partial charge is 0.261 e. The highest BCUT2D eigenvalue weighted by Crippen LogP contribution is 2.21. The minimum Gasteiger partial charge on any atom is -0.492 e. The number of anilines is 1. The second kappa shape index (κ2) is 10.9. The molecule has 0 atom stereocenters. The van der Waals surface area contributed by atoms with Gasteiger partial charge in [-0.1, -0.05) is 18.2 Å². The van der Waals surface area contributed by atoms with E-state index in [1.54, 1.807) is 49.4 Å². The Balaban J connectivity index is 1.53. The summed E-state index contributed by atoms with van der Waals surface area (Å²) in [6.45, 7) is 2.11. The maximum Gasteiger partial charge on any atom is 0.261 e. The van der Waals surface area contributed by atoms with Gasteiger partial charge in [0.2, 0.25) is 10.0 Å². The van der Waals surface area contributed by atoms with Crippen molar-refractivity contribution in [1.82, 2.24) is 9.62 Å². The van der Waals surface area contributed by atoms with Crippen molar-refractivity contribution in [2.75, 3.05) is 32.0 Å². The molecule has 0 fully saturated rings. The average molecular weight is 518 g/mol. The lowest BCUT2D eigenvalue weighted by Gasteiger charge is -2.13. The van der Waals surface area contributed by atoms with Gasteiger partial charge in [-0.05, 0) is 67.1 Å². The van der Waals surface area contributed by atoms with E-state index in [0.29, 0.717) is 22.6 Å². The summed E-state index contributed by atoms with van der Waals surface area (Å²) in [6, 6.07) is 18.7.